The van der Waals surface area contributed by atoms with Crippen LogP contribution in [0, 0.1) is 12.8 Å². The van der Waals surface area contributed by atoms with Crippen LogP contribution < -0.4 is 94.7 Å². The molecule has 3 amide bonds. The first kappa shape index (κ1) is 166. The van der Waals surface area contributed by atoms with Gasteiger partial charge < -0.3 is 30.0 Å². The number of amides is 3. The maximum atomic E-state index is 13.0. The third-order valence-electron chi connectivity index (χ3n) is 17.2. The monoisotopic (exact) mass is 7530 g/mol. The van der Waals surface area contributed by atoms with Crippen LogP contribution >= 0.6 is 701 Å². The number of benzene rings is 3. The van der Waals surface area contributed by atoms with E-state index < -0.39 is 138 Å². The number of halogens is 54. The van der Waals surface area contributed by atoms with Crippen LogP contribution in [0.4, 0.5) is 0 Å². The Kier molecular flexibility index (Phi) is 102. The molecule has 78 heteroatoms. The second kappa shape index (κ2) is 87.0. The number of H-pyrrole nitrogens is 1. The second-order valence-electron chi connectivity index (χ2n) is 26.6. The molecule has 6 aliphatic rings. The zero-order chi connectivity index (χ0) is 105. The molecule has 3 aromatic carbocycles. The molecule has 0 spiro atoms. The van der Waals surface area contributed by atoms with Gasteiger partial charge in [-0.1, -0.05) is 97.8 Å². The summed E-state index contributed by atoms with van der Waals surface area (Å²) in [6.07, 6.45) is 4.76. The van der Waals surface area contributed by atoms with Gasteiger partial charge in [0.1, 0.15) is 22.9 Å². The van der Waals surface area contributed by atoms with Gasteiger partial charge in [-0.3, -0.25) is 64.4 Å². The maximum Gasteiger partial charge on any atom is 1.00 e. The molecule has 0 saturated heterocycles. The molecular weight excluding hydrogens is 7450 g/mol. The number of hydrogen-bond acceptors (Lipinski definition) is 15. The van der Waals surface area contributed by atoms with Crippen LogP contribution in [0.5, 0.6) is 0 Å². The van der Waals surface area contributed by atoms with E-state index in [1.807, 2.05) is 21.2 Å². The van der Waals surface area contributed by atoms with Crippen molar-refractivity contribution in [3.8, 4) is 11.4 Å². The van der Waals surface area contributed by atoms with Gasteiger partial charge in [-0.05, 0) is 94.6 Å². The Hall–Kier alpha value is 29.6. The number of rotatable bonds is 26. The van der Waals surface area contributed by atoms with E-state index in [4.69, 9.17) is 74.7 Å². The van der Waals surface area contributed by atoms with Crippen LogP contribution in [-0.2, 0) is 79.3 Å². The maximum absolute atomic E-state index is 13.0. The number of ether oxygens (including phenoxy) is 1. The fourth-order valence-electron chi connectivity index (χ4n) is 11.9. The first-order chi connectivity index (χ1) is 65.0. The predicted molar refractivity (Wildman–Crippen MR) is 1000 cm³/mol. The summed E-state index contributed by atoms with van der Waals surface area (Å²) < 4.78 is 9.95. The summed E-state index contributed by atoms with van der Waals surface area (Å²) in [7, 11) is -9.35. The van der Waals surface area contributed by atoms with Gasteiger partial charge in [0.2, 0.25) is 0 Å². The molecule has 6 aliphatic heterocycles. The van der Waals surface area contributed by atoms with Crippen LogP contribution in [0.1, 0.15) is 165 Å². The van der Waals surface area contributed by atoms with Crippen molar-refractivity contribution in [3.63, 3.8) is 0 Å². The van der Waals surface area contributed by atoms with E-state index in [-0.39, 0.29) is 145 Å². The van der Waals surface area contributed by atoms with Crippen LogP contribution in [0.3, 0.4) is 0 Å². The number of nitrogens with zero attached hydrogens (tertiary/aromatic N) is 10. The number of fused-ring (bicyclic) bond motifs is 11. The molecule has 13 rings (SSSR count). The Labute approximate surface area is 1240 Å². The quantitative estimate of drug-likeness (QED) is 0.0113. The summed E-state index contributed by atoms with van der Waals surface area (Å²) in [6.45, 7) is 17.1. The molecule has 4 aromatic heterocycles. The van der Waals surface area contributed by atoms with Crippen molar-refractivity contribution >= 4 is 742 Å². The van der Waals surface area contributed by atoms with Crippen LogP contribution in [0.2, 0.25) is 30.1 Å². The molecular formula is C64H76Cl6I48KN13O10-2. The van der Waals surface area contributed by atoms with Crippen molar-refractivity contribution in [1.82, 2.24) is 54.2 Å². The van der Waals surface area contributed by atoms with E-state index in [9.17, 15) is 38.7 Å². The molecule has 7 aromatic rings. The van der Waals surface area contributed by atoms with Crippen molar-refractivity contribution in [1.29, 1.82) is 0 Å². The van der Waals surface area contributed by atoms with E-state index in [1.54, 1.807) is 96.8 Å². The number of esters is 1. The van der Waals surface area contributed by atoms with Gasteiger partial charge >= 0.3 is 715 Å². The molecule has 1 atom stereocenters. The van der Waals surface area contributed by atoms with Gasteiger partial charge in [0.25, 0.3) is 17.7 Å². The zero-order valence-corrected chi connectivity index (χ0v) is 182. The van der Waals surface area contributed by atoms with Crippen molar-refractivity contribution in [3.05, 3.63) is 158 Å². The summed E-state index contributed by atoms with van der Waals surface area (Å²) in [5, 5.41) is 33.9. The standard InChI is InChI=1S/C19H17Cl2N5O.C19H17Cl2N3O3.C17H15Cl2N3O2.C4H8O2.C4H9O.CH4.I37.I11.K.H4N2.H2O/c1-10-12-4-7-26-18(17(12)23-22-10)13-9-25(6-5-16(13)24-26)19(27)11-2-3-14(20)15(21)8-11;1-10(25)12-4-7-24-17(18(12)26)13-9-23(6-5-16(13)22-24)19(27)11-2-3-14(20)15(21)8-11;18-12-4-3-10(8-13(12)19)17(24)21-7-5-14-11(9-21)16-15(23)2-1-6-22(16)20-14;1-3-6-4(2)5;1-4(2,3)5;;1-20-22(4)24(6)26(8)28(10)30(12)32(14)34(16)36(18)37(19)35(17)33(15)31(13)29(11)27(9)25(7)23(5)21(2)3;1-7-9(4)11(6)10(5)8(2)3;;1-2;/h2-3,8H,4-7,9H2,1H3,(H,22,23);2-3,8,12H,4-7,9H2,1H3;3-4,8H,1-2,5-7,9H2;3H2,1-2H3;1-3H3;1H4;;;;1-2H2;1H2/q;;;;-1;;2*-1;+1;;. The van der Waals surface area contributed by atoms with Crippen molar-refractivity contribution < 1.29 is 127 Å². The molecule has 142 heavy (non-hydrogen) atoms. The Bertz CT molecular complexity index is 5320. The smallest absolute Gasteiger partial charge is 0.412 e. The minimum atomic E-state index is -0.750. The second-order valence-corrected chi connectivity index (χ2v) is 1090. The molecule has 7 N–H and O–H groups in total. The average molecular weight is 7530 g/mol. The number of ketones is 3. The first-order valence-corrected chi connectivity index (χ1v) is 327. The molecule has 0 radical (unpaired) electrons. The molecule has 23 nitrogen and oxygen atoms in total. The SMILES string of the molecule is C.CC(=O)C1CCn2nc3c(c2C1=O)CN(C(=O)c1ccc(Cl)c(Cl)c1)CC3.CC(C)(C)[O-].CCOC(C)=O.Cc1[nH]nc2c1CCn1nc3c(c1-2)CN(C(=O)c1ccc(Cl)c(Cl)c1)CC3.I[I-]I(I)I(I)I(I)I(I)I.I[I-]I(I)I(I)I(I)I(I)I(I)I(I)I(I)I(I)I(I)I(I)I(I)I(I)I(I)I(I)I(I)I(I)I(I)I.NN.O.O=C1CCCn2nc3c(c21)CN(C(=O)c1ccc(Cl)c(Cl)c1)CC3.[K+]. The van der Waals surface area contributed by atoms with Crippen LogP contribution in [0.25, 0.3) is 11.4 Å². The zero-order valence-electron chi connectivity index (χ0n) is 71.0. The van der Waals surface area contributed by atoms with Gasteiger partial charge in [-0.15, -0.1) is 5.60 Å². The summed E-state index contributed by atoms with van der Waals surface area (Å²) in [4.78, 5) is 90.5. The van der Waals surface area contributed by atoms with E-state index in [0.29, 0.717) is 163 Å². The van der Waals surface area contributed by atoms with Gasteiger partial charge in [0.15, 0.2) is 11.6 Å². The normalized spacial score (nSPS) is 16.2. The molecule has 0 saturated carbocycles. The molecule has 0 bridgehead atoms. The molecule has 1 unspecified atom stereocenters. The number of hydrazine groups is 1. The summed E-state index contributed by atoms with van der Waals surface area (Å²) in [5.74, 6) is 6.66. The minimum Gasteiger partial charge on any atom is -0.412 e. The number of hydrogen-bond donors (Lipinski definition) is 3. The third-order valence-corrected chi connectivity index (χ3v) is 3320. The Morgan fingerprint density at radius 2 is 0.761 bits per heavy atom. The van der Waals surface area contributed by atoms with Crippen molar-refractivity contribution in [2.75, 3.05) is 26.2 Å². The third kappa shape index (κ3) is 53.7. The van der Waals surface area contributed by atoms with Crippen LogP contribution in [0.15, 0.2) is 54.6 Å². The molecule has 10 heterocycles. The molecule has 838 valence electrons. The first-order valence-electron chi connectivity index (χ1n) is 36.1. The van der Waals surface area contributed by atoms with E-state index in [2.05, 4.69) is 502 Å². The number of aromatic nitrogens is 8. The van der Waals surface area contributed by atoms with E-state index in [0.717, 1.165) is 83.2 Å². The van der Waals surface area contributed by atoms with Crippen molar-refractivity contribution in [2.24, 2.45) is 17.6 Å². The average Bonchev–Trinajstić information content (AvgIpc) is 1.60. The minimum absolute atomic E-state index is 0. The molecule has 0 aliphatic carbocycles. The van der Waals surface area contributed by atoms with Gasteiger partial charge in [0.05, 0.1) is 85.1 Å². The predicted octanol–water partition coefficient (Wildman–Crippen LogP) is 41.3. The summed E-state index contributed by atoms with van der Waals surface area (Å²) in [5.41, 5.74) is 11.9. The number of nitrogens with two attached hydrogens (primary N) is 2. The largest absolute Gasteiger partial charge is 1.00 e. The van der Waals surface area contributed by atoms with Gasteiger partial charge in [-0.2, -0.15) is 20.4 Å². The Morgan fingerprint density at radius 1 is 0.458 bits per heavy atom. The Balaban J connectivity index is 0.000000451. The van der Waals surface area contributed by atoms with Crippen molar-refractivity contribution in [2.45, 2.75) is 146 Å². The number of aryl methyl sites for hydroxylation is 4. The van der Waals surface area contributed by atoms with Crippen LogP contribution in [-0.4, -0.2) is 133 Å². The number of carbonyl (C=O) groups is 7. The van der Waals surface area contributed by atoms with E-state index in [1.165, 1.54) is 19.4 Å². The summed E-state index contributed by atoms with van der Waals surface area (Å²) >= 11 is 115. The number of nitrogens with one attached hydrogen (secondary N) is 1. The fourth-order valence-corrected chi connectivity index (χ4v) is 7560. The molecule has 0 fully saturated rings. The summed E-state index contributed by atoms with van der Waals surface area (Å²) in [6, 6.07) is 14.7. The Morgan fingerprint density at radius 3 is 1.07 bits per heavy atom. The van der Waals surface area contributed by atoms with Gasteiger partial charge in [0, 0.05) is 117 Å². The topological polar surface area (TPSA) is 327 Å². The number of carbonyl (C=O) groups excluding carboxylic acids is 7. The van der Waals surface area contributed by atoms with Gasteiger partial charge in [-0.25, -0.2) is 0 Å². The number of aromatic amines is 1. The number of Topliss-reactive ketones (excluding diaryl/α,β-unsaturated/α-hetero) is 3. The fraction of sp³-hybridized carbons (Fsp3) is 0.422. The van der Waals surface area contributed by atoms with E-state index >= 15 is 0 Å².